The Labute approximate surface area is 171 Å². The molecule has 1 aliphatic carbocycles. The zero-order chi connectivity index (χ0) is 20.6. The highest BCUT2D eigenvalue weighted by Crippen LogP contribution is 2.30. The average Bonchev–Trinajstić information content (AvgIpc) is 3.50. The van der Waals surface area contributed by atoms with Crippen molar-refractivity contribution in [3.8, 4) is 11.3 Å². The molecule has 0 atom stereocenters. The van der Waals surface area contributed by atoms with E-state index in [0.717, 1.165) is 50.1 Å². The molecular formula is C21H28N4O3S. The van der Waals surface area contributed by atoms with Crippen LogP contribution in [0.15, 0.2) is 40.0 Å². The lowest BCUT2D eigenvalue weighted by atomic mass is 10.1. The summed E-state index contributed by atoms with van der Waals surface area (Å²) in [5.41, 5.74) is 2.07. The smallest absolute Gasteiger partial charge is 0.271 e. The van der Waals surface area contributed by atoms with Gasteiger partial charge in [0.1, 0.15) is 0 Å². The summed E-state index contributed by atoms with van der Waals surface area (Å²) in [5.74, 6) is 0.522. The van der Waals surface area contributed by atoms with Gasteiger partial charge in [0.2, 0.25) is 0 Å². The van der Waals surface area contributed by atoms with Crippen molar-refractivity contribution in [3.05, 3.63) is 46.2 Å². The number of rotatable bonds is 6. The molecule has 29 heavy (non-hydrogen) atoms. The first kappa shape index (κ1) is 20.3. The Kier molecular flexibility index (Phi) is 5.59. The van der Waals surface area contributed by atoms with Crippen molar-refractivity contribution in [3.63, 3.8) is 0 Å². The molecule has 2 aromatic rings. The molecule has 1 aromatic carbocycles. The second kappa shape index (κ2) is 8.01. The monoisotopic (exact) mass is 416 g/mol. The molecule has 156 valence electrons. The molecule has 7 nitrogen and oxygen atoms in total. The van der Waals surface area contributed by atoms with Crippen LogP contribution in [0.2, 0.25) is 0 Å². The van der Waals surface area contributed by atoms with Crippen LogP contribution in [-0.4, -0.2) is 67.5 Å². The molecule has 0 unspecified atom stereocenters. The number of aromatic nitrogens is 2. The summed E-state index contributed by atoms with van der Waals surface area (Å²) >= 11 is 0. The normalized spacial score (nSPS) is 18.8. The van der Waals surface area contributed by atoms with Crippen LogP contribution in [0.5, 0.6) is 0 Å². The molecule has 2 aliphatic rings. The largest absolute Gasteiger partial charge is 0.304 e. The number of nitrogens with zero attached hydrogens (tertiary/aromatic N) is 4. The van der Waals surface area contributed by atoms with Gasteiger partial charge in [-0.15, -0.1) is 0 Å². The molecule has 0 amide bonds. The number of hydrogen-bond donors (Lipinski definition) is 0. The highest BCUT2D eigenvalue weighted by atomic mass is 32.2. The minimum atomic E-state index is -3.31. The van der Waals surface area contributed by atoms with Crippen LogP contribution >= 0.6 is 0 Å². The van der Waals surface area contributed by atoms with Gasteiger partial charge in [-0.25, -0.2) is 13.1 Å². The van der Waals surface area contributed by atoms with Crippen molar-refractivity contribution >= 4 is 9.84 Å². The van der Waals surface area contributed by atoms with E-state index in [9.17, 15) is 13.2 Å². The highest BCUT2D eigenvalue weighted by Gasteiger charge is 2.24. The van der Waals surface area contributed by atoms with Gasteiger partial charge in [-0.05, 0) is 44.0 Å². The predicted octanol–water partition coefficient (Wildman–Crippen LogP) is 1.47. The molecule has 0 N–H and O–H groups in total. The molecule has 1 aromatic heterocycles. The van der Waals surface area contributed by atoms with Gasteiger partial charge in [0.25, 0.3) is 5.56 Å². The van der Waals surface area contributed by atoms with Crippen molar-refractivity contribution in [1.29, 1.82) is 0 Å². The Balaban J connectivity index is 1.71. The molecule has 2 heterocycles. The molecule has 1 aliphatic heterocycles. The van der Waals surface area contributed by atoms with Gasteiger partial charge in [-0.3, -0.25) is 9.69 Å². The van der Waals surface area contributed by atoms with Crippen LogP contribution in [0.3, 0.4) is 0 Å². The van der Waals surface area contributed by atoms with E-state index >= 15 is 0 Å². The van der Waals surface area contributed by atoms with Crippen LogP contribution in [0.25, 0.3) is 11.3 Å². The summed E-state index contributed by atoms with van der Waals surface area (Å²) in [6.07, 6.45) is 3.47. The summed E-state index contributed by atoms with van der Waals surface area (Å²) in [7, 11) is -1.20. The van der Waals surface area contributed by atoms with E-state index in [4.69, 9.17) is 0 Å². The van der Waals surface area contributed by atoms with Crippen molar-refractivity contribution in [2.45, 2.75) is 30.8 Å². The Morgan fingerprint density at radius 2 is 1.83 bits per heavy atom. The van der Waals surface area contributed by atoms with Crippen molar-refractivity contribution < 1.29 is 8.42 Å². The van der Waals surface area contributed by atoms with Gasteiger partial charge in [0.05, 0.1) is 10.6 Å². The Bertz CT molecular complexity index is 1050. The Hall–Kier alpha value is -2.03. The fourth-order valence-corrected chi connectivity index (χ4v) is 4.32. The lowest BCUT2D eigenvalue weighted by Gasteiger charge is -2.32. The molecular weight excluding hydrogens is 388 g/mol. The third-order valence-electron chi connectivity index (χ3n) is 5.72. The number of hydrogen-bond acceptors (Lipinski definition) is 6. The SMILES string of the molecule is CN1CCN(Cc2cc(-c3cccc(S(C)(=O)=O)c3)nn(CC3CC3)c2=O)CC1. The van der Waals surface area contributed by atoms with Crippen LogP contribution in [-0.2, 0) is 22.9 Å². The van der Waals surface area contributed by atoms with Gasteiger partial charge >= 0.3 is 0 Å². The number of benzene rings is 1. The fourth-order valence-electron chi connectivity index (χ4n) is 3.65. The first-order chi connectivity index (χ1) is 13.8. The summed E-state index contributed by atoms with van der Waals surface area (Å²) in [4.78, 5) is 17.9. The fraction of sp³-hybridized carbons (Fsp3) is 0.524. The summed E-state index contributed by atoms with van der Waals surface area (Å²) in [6.45, 7) is 5.07. The molecule has 4 rings (SSSR count). The first-order valence-corrected chi connectivity index (χ1v) is 12.0. The van der Waals surface area contributed by atoms with Gasteiger partial charge in [0.15, 0.2) is 9.84 Å². The maximum Gasteiger partial charge on any atom is 0.271 e. The first-order valence-electron chi connectivity index (χ1n) is 10.1. The maximum atomic E-state index is 13.0. The Morgan fingerprint density at radius 1 is 1.10 bits per heavy atom. The Morgan fingerprint density at radius 3 is 2.48 bits per heavy atom. The van der Waals surface area contributed by atoms with Crippen molar-refractivity contribution in [1.82, 2.24) is 19.6 Å². The molecule has 1 saturated heterocycles. The quantitative estimate of drug-likeness (QED) is 0.710. The number of likely N-dealkylation sites (N-methyl/N-ethyl adjacent to an activating group) is 1. The van der Waals surface area contributed by atoms with Gasteiger partial charge < -0.3 is 4.90 Å². The van der Waals surface area contributed by atoms with E-state index in [-0.39, 0.29) is 10.5 Å². The second-order valence-corrected chi connectivity index (χ2v) is 10.4. The van der Waals surface area contributed by atoms with Crippen LogP contribution < -0.4 is 5.56 Å². The van der Waals surface area contributed by atoms with E-state index in [0.29, 0.717) is 24.7 Å². The lowest BCUT2D eigenvalue weighted by molar-refractivity contribution is 0.147. The van der Waals surface area contributed by atoms with Gasteiger partial charge in [-0.1, -0.05) is 12.1 Å². The summed E-state index contributed by atoms with van der Waals surface area (Å²) in [6, 6.07) is 8.64. The maximum absolute atomic E-state index is 13.0. The number of piperazine rings is 1. The minimum Gasteiger partial charge on any atom is -0.304 e. The predicted molar refractivity (Wildman–Crippen MR) is 113 cm³/mol. The van der Waals surface area contributed by atoms with Gasteiger partial charge in [-0.2, -0.15) is 5.10 Å². The molecule has 0 radical (unpaired) electrons. The van der Waals surface area contributed by atoms with Crippen LogP contribution in [0, 0.1) is 5.92 Å². The van der Waals surface area contributed by atoms with Crippen molar-refractivity contribution in [2.75, 3.05) is 39.5 Å². The third kappa shape index (κ3) is 4.94. The summed E-state index contributed by atoms with van der Waals surface area (Å²) in [5, 5.41) is 4.59. The lowest BCUT2D eigenvalue weighted by Crippen LogP contribution is -2.45. The summed E-state index contributed by atoms with van der Waals surface area (Å²) < 4.78 is 25.5. The van der Waals surface area contributed by atoms with E-state index in [1.165, 1.54) is 6.26 Å². The van der Waals surface area contributed by atoms with Crippen LogP contribution in [0.4, 0.5) is 0 Å². The van der Waals surface area contributed by atoms with E-state index in [1.54, 1.807) is 22.9 Å². The number of sulfone groups is 1. The van der Waals surface area contributed by atoms with Gasteiger partial charge in [0, 0.05) is 56.7 Å². The molecule has 1 saturated carbocycles. The molecule has 0 bridgehead atoms. The minimum absolute atomic E-state index is 0.0288. The second-order valence-electron chi connectivity index (χ2n) is 8.36. The van der Waals surface area contributed by atoms with Crippen LogP contribution in [0.1, 0.15) is 18.4 Å². The standard InChI is InChI=1S/C21H28N4O3S/c1-23-8-10-24(11-9-23)15-18-13-20(22-25(21(18)26)14-16-6-7-16)17-4-3-5-19(12-17)29(2,27)28/h3-5,12-13,16H,6-11,14-15H2,1-2H3. The van der Waals surface area contributed by atoms with E-state index < -0.39 is 9.84 Å². The van der Waals surface area contributed by atoms with E-state index in [1.807, 2.05) is 12.1 Å². The highest BCUT2D eigenvalue weighted by molar-refractivity contribution is 7.90. The third-order valence-corrected chi connectivity index (χ3v) is 6.83. The molecule has 8 heteroatoms. The van der Waals surface area contributed by atoms with E-state index in [2.05, 4.69) is 21.9 Å². The topological polar surface area (TPSA) is 75.5 Å². The van der Waals surface area contributed by atoms with Crippen molar-refractivity contribution in [2.24, 2.45) is 5.92 Å². The zero-order valence-corrected chi connectivity index (χ0v) is 17.9. The molecule has 2 fully saturated rings. The molecule has 0 spiro atoms. The average molecular weight is 417 g/mol. The zero-order valence-electron chi connectivity index (χ0n) is 17.0.